The van der Waals surface area contributed by atoms with E-state index in [2.05, 4.69) is 17.2 Å². The first-order valence-corrected chi connectivity index (χ1v) is 6.16. The zero-order valence-corrected chi connectivity index (χ0v) is 10.4. The summed E-state index contributed by atoms with van der Waals surface area (Å²) in [6.45, 7) is 1.18. The van der Waals surface area contributed by atoms with Crippen molar-refractivity contribution in [3.05, 3.63) is 29.6 Å². The van der Waals surface area contributed by atoms with Gasteiger partial charge in [-0.25, -0.2) is 9.18 Å². The molecule has 1 aliphatic heterocycles. The highest BCUT2D eigenvalue weighted by molar-refractivity contribution is 5.89. The summed E-state index contributed by atoms with van der Waals surface area (Å²) < 4.78 is 13.7. The van der Waals surface area contributed by atoms with Crippen molar-refractivity contribution in [1.82, 2.24) is 4.90 Å². The SMILES string of the molecule is O=C(Nc1ccc(C#CCO)c(F)c1)N1CCCC1. The smallest absolute Gasteiger partial charge is 0.321 e. The number of aliphatic hydroxyl groups excluding tert-OH is 1. The monoisotopic (exact) mass is 262 g/mol. The van der Waals surface area contributed by atoms with Crippen molar-refractivity contribution in [2.75, 3.05) is 25.0 Å². The highest BCUT2D eigenvalue weighted by Gasteiger charge is 2.17. The number of hydrogen-bond donors (Lipinski definition) is 2. The second kappa shape index (κ2) is 6.21. The lowest BCUT2D eigenvalue weighted by Crippen LogP contribution is -2.32. The number of hydrogen-bond acceptors (Lipinski definition) is 2. The number of nitrogens with one attached hydrogen (secondary N) is 1. The van der Waals surface area contributed by atoms with Gasteiger partial charge in [-0.05, 0) is 31.0 Å². The Hall–Kier alpha value is -2.06. The van der Waals surface area contributed by atoms with Crippen LogP contribution in [0.1, 0.15) is 18.4 Å². The number of anilines is 1. The van der Waals surface area contributed by atoms with Crippen molar-refractivity contribution >= 4 is 11.7 Å². The molecule has 0 aromatic heterocycles. The van der Waals surface area contributed by atoms with E-state index in [0.717, 1.165) is 25.9 Å². The minimum absolute atomic E-state index is 0.202. The first kappa shape index (κ1) is 13.4. The van der Waals surface area contributed by atoms with Gasteiger partial charge in [0.25, 0.3) is 0 Å². The average molecular weight is 262 g/mol. The first-order valence-electron chi connectivity index (χ1n) is 6.16. The molecule has 0 bridgehead atoms. The lowest BCUT2D eigenvalue weighted by Gasteiger charge is -2.16. The largest absolute Gasteiger partial charge is 0.384 e. The highest BCUT2D eigenvalue weighted by Crippen LogP contribution is 2.16. The molecule has 100 valence electrons. The van der Waals surface area contributed by atoms with Gasteiger partial charge in [0.15, 0.2) is 0 Å². The summed E-state index contributed by atoms with van der Waals surface area (Å²) in [6.07, 6.45) is 2.02. The van der Waals surface area contributed by atoms with Gasteiger partial charge in [-0.1, -0.05) is 11.8 Å². The topological polar surface area (TPSA) is 52.6 Å². The molecule has 0 atom stereocenters. The molecule has 1 saturated heterocycles. The average Bonchev–Trinajstić information content (AvgIpc) is 2.92. The van der Waals surface area contributed by atoms with Gasteiger partial charge >= 0.3 is 6.03 Å². The summed E-state index contributed by atoms with van der Waals surface area (Å²) in [6, 6.07) is 4.11. The Bertz CT molecular complexity index is 528. The molecule has 0 aliphatic carbocycles. The Morgan fingerprint density at radius 3 is 2.79 bits per heavy atom. The van der Waals surface area contributed by atoms with Crippen molar-refractivity contribution < 1.29 is 14.3 Å². The maximum Gasteiger partial charge on any atom is 0.321 e. The van der Waals surface area contributed by atoms with Crippen molar-refractivity contribution in [3.8, 4) is 11.8 Å². The standard InChI is InChI=1S/C14H15FN2O2/c15-13-10-12(6-5-11(13)4-3-9-18)16-14(19)17-7-1-2-8-17/h5-6,10,18H,1-2,7-9H2,(H,16,19). The third-order valence-electron chi connectivity index (χ3n) is 2.92. The molecule has 0 radical (unpaired) electrons. The first-order chi connectivity index (χ1) is 9.20. The van der Waals surface area contributed by atoms with E-state index in [0.29, 0.717) is 5.69 Å². The van der Waals surface area contributed by atoms with E-state index in [4.69, 9.17) is 5.11 Å². The van der Waals surface area contributed by atoms with Crippen LogP contribution < -0.4 is 5.32 Å². The number of urea groups is 1. The fourth-order valence-corrected chi connectivity index (χ4v) is 1.95. The molecule has 1 aliphatic rings. The highest BCUT2D eigenvalue weighted by atomic mass is 19.1. The number of rotatable bonds is 1. The number of carbonyl (C=O) groups is 1. The number of benzene rings is 1. The van der Waals surface area contributed by atoms with Gasteiger partial charge in [-0.2, -0.15) is 0 Å². The molecule has 2 N–H and O–H groups in total. The lowest BCUT2D eigenvalue weighted by molar-refractivity contribution is 0.222. The second-order valence-corrected chi connectivity index (χ2v) is 4.28. The van der Waals surface area contributed by atoms with Gasteiger partial charge in [0, 0.05) is 18.8 Å². The van der Waals surface area contributed by atoms with E-state index in [1.165, 1.54) is 12.1 Å². The third kappa shape index (κ3) is 3.46. The van der Waals surface area contributed by atoms with Crippen LogP contribution in [0.5, 0.6) is 0 Å². The molecule has 0 unspecified atom stereocenters. The molecule has 19 heavy (non-hydrogen) atoms. The number of aliphatic hydroxyl groups is 1. The molecular weight excluding hydrogens is 247 g/mol. The molecular formula is C14H15FN2O2. The van der Waals surface area contributed by atoms with Gasteiger partial charge in [-0.3, -0.25) is 0 Å². The molecule has 1 aromatic carbocycles. The number of halogens is 1. The summed E-state index contributed by atoms with van der Waals surface area (Å²) in [5.74, 6) is 4.37. The predicted molar refractivity (Wildman–Crippen MR) is 70.2 cm³/mol. The Balaban J connectivity index is 2.05. The van der Waals surface area contributed by atoms with E-state index in [1.54, 1.807) is 11.0 Å². The summed E-state index contributed by atoms with van der Waals surface area (Å²) in [4.78, 5) is 13.5. The normalized spacial score (nSPS) is 13.9. The van der Waals surface area contributed by atoms with Crippen LogP contribution in [0.2, 0.25) is 0 Å². The van der Waals surface area contributed by atoms with Gasteiger partial charge < -0.3 is 15.3 Å². The van der Waals surface area contributed by atoms with Crippen LogP contribution >= 0.6 is 0 Å². The van der Waals surface area contributed by atoms with Crippen LogP contribution in [0.3, 0.4) is 0 Å². The van der Waals surface area contributed by atoms with E-state index in [-0.39, 0.29) is 18.2 Å². The zero-order valence-electron chi connectivity index (χ0n) is 10.4. The van der Waals surface area contributed by atoms with Crippen molar-refractivity contribution in [2.45, 2.75) is 12.8 Å². The van der Waals surface area contributed by atoms with Crippen LogP contribution in [0.25, 0.3) is 0 Å². The third-order valence-corrected chi connectivity index (χ3v) is 2.92. The van der Waals surface area contributed by atoms with E-state index >= 15 is 0 Å². The fourth-order valence-electron chi connectivity index (χ4n) is 1.95. The molecule has 0 saturated carbocycles. The Morgan fingerprint density at radius 2 is 2.16 bits per heavy atom. The van der Waals surface area contributed by atoms with Gasteiger partial charge in [0.2, 0.25) is 0 Å². The Kier molecular flexibility index (Phi) is 4.37. The number of carbonyl (C=O) groups excluding carboxylic acids is 1. The molecule has 0 spiro atoms. The Morgan fingerprint density at radius 1 is 1.42 bits per heavy atom. The minimum Gasteiger partial charge on any atom is -0.384 e. The van der Waals surface area contributed by atoms with Gasteiger partial charge in [0.1, 0.15) is 12.4 Å². The van der Waals surface area contributed by atoms with Crippen molar-refractivity contribution in [1.29, 1.82) is 0 Å². The molecule has 1 aromatic rings. The lowest BCUT2D eigenvalue weighted by atomic mass is 10.2. The minimum atomic E-state index is -0.514. The van der Waals surface area contributed by atoms with Crippen molar-refractivity contribution in [3.63, 3.8) is 0 Å². The molecule has 1 heterocycles. The van der Waals surface area contributed by atoms with E-state index < -0.39 is 5.82 Å². The van der Waals surface area contributed by atoms with E-state index in [9.17, 15) is 9.18 Å². The quantitative estimate of drug-likeness (QED) is 0.758. The van der Waals surface area contributed by atoms with E-state index in [1.807, 2.05) is 0 Å². The number of amides is 2. The van der Waals surface area contributed by atoms with Crippen LogP contribution in [-0.4, -0.2) is 35.7 Å². The molecule has 1 fully saturated rings. The van der Waals surface area contributed by atoms with Crippen LogP contribution in [0.15, 0.2) is 18.2 Å². The fraction of sp³-hybridized carbons (Fsp3) is 0.357. The molecule has 2 amide bonds. The number of likely N-dealkylation sites (tertiary alicyclic amines) is 1. The zero-order chi connectivity index (χ0) is 13.7. The van der Waals surface area contributed by atoms with Gasteiger partial charge in [0.05, 0.1) is 5.56 Å². The maximum absolute atomic E-state index is 13.7. The summed E-state index contributed by atoms with van der Waals surface area (Å²) in [7, 11) is 0. The predicted octanol–water partition coefficient (Wildman–Crippen LogP) is 1.80. The van der Waals surface area contributed by atoms with Crippen molar-refractivity contribution in [2.24, 2.45) is 0 Å². The summed E-state index contributed by atoms with van der Waals surface area (Å²) in [5.41, 5.74) is 0.608. The van der Waals surface area contributed by atoms with Crippen LogP contribution in [0.4, 0.5) is 14.9 Å². The van der Waals surface area contributed by atoms with Crippen LogP contribution in [-0.2, 0) is 0 Å². The molecule has 2 rings (SSSR count). The summed E-state index contributed by atoms with van der Waals surface area (Å²) >= 11 is 0. The Labute approximate surface area is 111 Å². The van der Waals surface area contributed by atoms with Crippen LogP contribution in [0, 0.1) is 17.7 Å². The molecule has 4 nitrogen and oxygen atoms in total. The maximum atomic E-state index is 13.7. The number of nitrogens with zero attached hydrogens (tertiary/aromatic N) is 1. The molecule has 5 heteroatoms. The summed E-state index contributed by atoms with van der Waals surface area (Å²) in [5, 5.41) is 11.2. The second-order valence-electron chi connectivity index (χ2n) is 4.28. The van der Waals surface area contributed by atoms with Gasteiger partial charge in [-0.15, -0.1) is 0 Å².